The van der Waals surface area contributed by atoms with E-state index in [2.05, 4.69) is 29.1 Å². The molecular formula is C13H19N3S. The van der Waals surface area contributed by atoms with Crippen molar-refractivity contribution >= 4 is 22.6 Å². The molecule has 0 aromatic carbocycles. The van der Waals surface area contributed by atoms with Crippen molar-refractivity contribution in [2.45, 2.75) is 33.2 Å². The number of hydrogen-bond donors (Lipinski definition) is 1. The zero-order valence-electron chi connectivity index (χ0n) is 10.6. The summed E-state index contributed by atoms with van der Waals surface area (Å²) in [6.07, 6.45) is 3.03. The fraction of sp³-hybridized carbons (Fsp3) is 0.538. The van der Waals surface area contributed by atoms with E-state index in [9.17, 15) is 0 Å². The standard InChI is InChI=1S/C13H19N3S/c1-9(2)6-12-8-17-13(16-12)15-11-5-4-10(3)14-7-11/h4-5,7,9,12H,6,8H2,1-3H3,(H,15,16). The molecule has 1 aromatic rings. The van der Waals surface area contributed by atoms with Crippen molar-refractivity contribution in [2.75, 3.05) is 11.1 Å². The predicted molar refractivity (Wildman–Crippen MR) is 75.7 cm³/mol. The molecule has 2 heterocycles. The van der Waals surface area contributed by atoms with Crippen molar-refractivity contribution in [1.29, 1.82) is 0 Å². The molecule has 1 aromatic heterocycles. The first-order chi connectivity index (χ1) is 8.13. The molecule has 92 valence electrons. The van der Waals surface area contributed by atoms with Crippen LogP contribution in [-0.4, -0.2) is 21.9 Å². The number of hydrogen-bond acceptors (Lipinski definition) is 4. The van der Waals surface area contributed by atoms with Gasteiger partial charge < -0.3 is 5.32 Å². The topological polar surface area (TPSA) is 37.3 Å². The van der Waals surface area contributed by atoms with Gasteiger partial charge in [0.1, 0.15) is 0 Å². The van der Waals surface area contributed by atoms with Crippen LogP contribution < -0.4 is 5.32 Å². The number of pyridine rings is 1. The van der Waals surface area contributed by atoms with Crippen LogP contribution in [-0.2, 0) is 0 Å². The SMILES string of the molecule is Cc1ccc(NC2=NC(CC(C)C)CS2)cn1. The second-order valence-electron chi connectivity index (χ2n) is 4.84. The highest BCUT2D eigenvalue weighted by Gasteiger charge is 2.19. The van der Waals surface area contributed by atoms with Crippen molar-refractivity contribution in [3.8, 4) is 0 Å². The van der Waals surface area contributed by atoms with Gasteiger partial charge in [0.25, 0.3) is 0 Å². The average Bonchev–Trinajstić information content (AvgIpc) is 2.68. The molecule has 0 aliphatic carbocycles. The van der Waals surface area contributed by atoms with Crippen LogP contribution >= 0.6 is 11.8 Å². The molecular weight excluding hydrogens is 230 g/mol. The molecule has 0 fully saturated rings. The fourth-order valence-electron chi connectivity index (χ4n) is 1.81. The van der Waals surface area contributed by atoms with Crippen LogP contribution in [0.3, 0.4) is 0 Å². The van der Waals surface area contributed by atoms with E-state index < -0.39 is 0 Å². The summed E-state index contributed by atoms with van der Waals surface area (Å²) >= 11 is 1.80. The van der Waals surface area contributed by atoms with Crippen LogP contribution in [0.15, 0.2) is 23.3 Å². The first-order valence-electron chi connectivity index (χ1n) is 6.04. The highest BCUT2D eigenvalue weighted by Crippen LogP contribution is 2.23. The van der Waals surface area contributed by atoms with Crippen molar-refractivity contribution < 1.29 is 0 Å². The summed E-state index contributed by atoms with van der Waals surface area (Å²) in [6.45, 7) is 6.48. The van der Waals surface area contributed by atoms with Crippen LogP contribution in [0.1, 0.15) is 26.0 Å². The minimum absolute atomic E-state index is 0.473. The molecule has 1 unspecified atom stereocenters. The highest BCUT2D eigenvalue weighted by atomic mass is 32.2. The maximum atomic E-state index is 4.69. The first kappa shape index (κ1) is 12.4. The molecule has 2 rings (SSSR count). The molecule has 1 aliphatic heterocycles. The molecule has 0 saturated carbocycles. The van der Waals surface area contributed by atoms with E-state index >= 15 is 0 Å². The first-order valence-corrected chi connectivity index (χ1v) is 7.02. The maximum Gasteiger partial charge on any atom is 0.161 e. The molecule has 4 heteroatoms. The van der Waals surface area contributed by atoms with Crippen molar-refractivity contribution in [1.82, 2.24) is 4.98 Å². The Labute approximate surface area is 107 Å². The minimum Gasteiger partial charge on any atom is -0.334 e. The fourth-order valence-corrected chi connectivity index (χ4v) is 2.79. The predicted octanol–water partition coefficient (Wildman–Crippen LogP) is 3.32. The summed E-state index contributed by atoms with van der Waals surface area (Å²) < 4.78 is 0. The molecule has 1 atom stereocenters. The van der Waals surface area contributed by atoms with Crippen LogP contribution in [0, 0.1) is 12.8 Å². The lowest BCUT2D eigenvalue weighted by Crippen LogP contribution is -2.08. The number of anilines is 1. The second kappa shape index (κ2) is 5.54. The Bertz CT molecular complexity index is 398. The highest BCUT2D eigenvalue weighted by molar-refractivity contribution is 8.14. The number of aryl methyl sites for hydroxylation is 1. The third kappa shape index (κ3) is 3.73. The molecule has 0 saturated heterocycles. The summed E-state index contributed by atoms with van der Waals surface area (Å²) in [4.78, 5) is 8.95. The van der Waals surface area contributed by atoms with E-state index in [4.69, 9.17) is 0 Å². The lowest BCUT2D eigenvalue weighted by molar-refractivity contribution is 0.529. The summed E-state index contributed by atoms with van der Waals surface area (Å²) in [5.41, 5.74) is 2.06. The Hall–Kier alpha value is -1.03. The van der Waals surface area contributed by atoms with Gasteiger partial charge in [0, 0.05) is 11.4 Å². The van der Waals surface area contributed by atoms with Gasteiger partial charge in [-0.25, -0.2) is 0 Å². The lowest BCUT2D eigenvalue weighted by atomic mass is 10.1. The molecule has 0 bridgehead atoms. The Kier molecular flexibility index (Phi) is 4.05. The van der Waals surface area contributed by atoms with Gasteiger partial charge in [-0.05, 0) is 31.4 Å². The Balaban J connectivity index is 1.94. The Morgan fingerprint density at radius 3 is 2.94 bits per heavy atom. The van der Waals surface area contributed by atoms with E-state index in [1.54, 1.807) is 11.8 Å². The molecule has 1 N–H and O–H groups in total. The molecule has 1 aliphatic rings. The van der Waals surface area contributed by atoms with Gasteiger partial charge in [0.2, 0.25) is 0 Å². The number of nitrogens with zero attached hydrogens (tertiary/aromatic N) is 2. The smallest absolute Gasteiger partial charge is 0.161 e. The monoisotopic (exact) mass is 249 g/mol. The van der Waals surface area contributed by atoms with Crippen molar-refractivity contribution in [2.24, 2.45) is 10.9 Å². The molecule has 0 amide bonds. The third-order valence-corrected chi connectivity index (χ3v) is 3.65. The van der Waals surface area contributed by atoms with Crippen molar-refractivity contribution in [3.63, 3.8) is 0 Å². The van der Waals surface area contributed by atoms with E-state index in [1.807, 2.05) is 25.3 Å². The van der Waals surface area contributed by atoms with Gasteiger partial charge in [0.15, 0.2) is 5.17 Å². The average molecular weight is 249 g/mol. The number of aromatic nitrogens is 1. The van der Waals surface area contributed by atoms with Crippen LogP contribution in [0.5, 0.6) is 0 Å². The van der Waals surface area contributed by atoms with Gasteiger partial charge in [-0.3, -0.25) is 9.98 Å². The largest absolute Gasteiger partial charge is 0.334 e. The van der Waals surface area contributed by atoms with Crippen LogP contribution in [0.25, 0.3) is 0 Å². The van der Waals surface area contributed by atoms with E-state index in [0.29, 0.717) is 12.0 Å². The normalized spacial score (nSPS) is 19.5. The van der Waals surface area contributed by atoms with E-state index in [-0.39, 0.29) is 0 Å². The maximum absolute atomic E-state index is 4.69. The zero-order chi connectivity index (χ0) is 12.3. The lowest BCUT2D eigenvalue weighted by Gasteiger charge is -2.07. The van der Waals surface area contributed by atoms with E-state index in [0.717, 1.165) is 22.3 Å². The number of thioether (sulfide) groups is 1. The summed E-state index contributed by atoms with van der Waals surface area (Å²) in [7, 11) is 0. The van der Waals surface area contributed by atoms with Crippen LogP contribution in [0.4, 0.5) is 5.69 Å². The summed E-state index contributed by atoms with van der Waals surface area (Å²) in [5.74, 6) is 1.81. The third-order valence-electron chi connectivity index (χ3n) is 2.62. The Morgan fingerprint density at radius 1 is 1.47 bits per heavy atom. The Morgan fingerprint density at radius 2 is 2.29 bits per heavy atom. The van der Waals surface area contributed by atoms with E-state index in [1.165, 1.54) is 6.42 Å². The molecule has 0 radical (unpaired) electrons. The molecule has 0 spiro atoms. The molecule has 3 nitrogen and oxygen atoms in total. The quantitative estimate of drug-likeness (QED) is 0.893. The minimum atomic E-state index is 0.473. The van der Waals surface area contributed by atoms with Gasteiger partial charge in [0.05, 0.1) is 17.9 Å². The summed E-state index contributed by atoms with van der Waals surface area (Å²) in [5, 5.41) is 4.35. The second-order valence-corrected chi connectivity index (χ2v) is 5.85. The number of rotatable bonds is 3. The van der Waals surface area contributed by atoms with Gasteiger partial charge in [-0.2, -0.15) is 0 Å². The molecule has 17 heavy (non-hydrogen) atoms. The van der Waals surface area contributed by atoms with Crippen LogP contribution in [0.2, 0.25) is 0 Å². The number of nitrogens with one attached hydrogen (secondary N) is 1. The number of aliphatic imine (C=N–C) groups is 1. The number of amidine groups is 1. The van der Waals surface area contributed by atoms with Crippen molar-refractivity contribution in [3.05, 3.63) is 24.0 Å². The zero-order valence-corrected chi connectivity index (χ0v) is 11.4. The van der Waals surface area contributed by atoms with Gasteiger partial charge in [-0.15, -0.1) is 0 Å². The summed E-state index contributed by atoms with van der Waals surface area (Å²) in [6, 6.07) is 4.52. The van der Waals surface area contributed by atoms with Gasteiger partial charge in [-0.1, -0.05) is 25.6 Å². The van der Waals surface area contributed by atoms with Gasteiger partial charge >= 0.3 is 0 Å².